The standard InChI is InChI=1S/C12H21N3O/c1-3-6-15-12(5-4-7-16-2)11-8-13-10-14-9-11/h8-10,12,15H,3-7H2,1-2H3. The van der Waals surface area contributed by atoms with Crippen molar-refractivity contribution in [3.8, 4) is 0 Å². The number of nitrogens with one attached hydrogen (secondary N) is 1. The summed E-state index contributed by atoms with van der Waals surface area (Å²) in [5.41, 5.74) is 1.16. The molecule has 16 heavy (non-hydrogen) atoms. The highest BCUT2D eigenvalue weighted by atomic mass is 16.5. The van der Waals surface area contributed by atoms with Crippen molar-refractivity contribution in [3.05, 3.63) is 24.3 Å². The lowest BCUT2D eigenvalue weighted by Crippen LogP contribution is -2.22. The first kappa shape index (κ1) is 13.1. The largest absolute Gasteiger partial charge is 0.385 e. The number of hydrogen-bond donors (Lipinski definition) is 1. The van der Waals surface area contributed by atoms with Gasteiger partial charge in [0.25, 0.3) is 0 Å². The van der Waals surface area contributed by atoms with E-state index in [4.69, 9.17) is 4.74 Å². The van der Waals surface area contributed by atoms with Crippen molar-refractivity contribution < 1.29 is 4.74 Å². The summed E-state index contributed by atoms with van der Waals surface area (Å²) < 4.78 is 5.07. The minimum absolute atomic E-state index is 0.344. The zero-order valence-electron chi connectivity index (χ0n) is 10.1. The molecule has 1 unspecified atom stereocenters. The van der Waals surface area contributed by atoms with Crippen LogP contribution in [0.4, 0.5) is 0 Å². The van der Waals surface area contributed by atoms with E-state index >= 15 is 0 Å². The third kappa shape index (κ3) is 4.68. The van der Waals surface area contributed by atoms with Gasteiger partial charge in [-0.2, -0.15) is 0 Å². The fraction of sp³-hybridized carbons (Fsp3) is 0.667. The zero-order valence-corrected chi connectivity index (χ0v) is 10.1. The second kappa shape index (κ2) is 8.19. The summed E-state index contributed by atoms with van der Waals surface area (Å²) in [6, 6.07) is 0.344. The summed E-state index contributed by atoms with van der Waals surface area (Å²) in [6.07, 6.45) is 8.57. The Morgan fingerprint density at radius 3 is 2.75 bits per heavy atom. The number of ether oxygens (including phenoxy) is 1. The summed E-state index contributed by atoms with van der Waals surface area (Å²) in [7, 11) is 1.74. The maximum Gasteiger partial charge on any atom is 0.115 e. The molecule has 1 aromatic rings. The molecule has 0 aromatic carbocycles. The van der Waals surface area contributed by atoms with E-state index in [1.807, 2.05) is 12.4 Å². The van der Waals surface area contributed by atoms with E-state index in [1.54, 1.807) is 13.4 Å². The Balaban J connectivity index is 2.49. The molecule has 0 spiro atoms. The van der Waals surface area contributed by atoms with Crippen molar-refractivity contribution >= 4 is 0 Å². The smallest absolute Gasteiger partial charge is 0.115 e. The van der Waals surface area contributed by atoms with Crippen LogP contribution in [0.15, 0.2) is 18.7 Å². The number of nitrogens with zero attached hydrogens (tertiary/aromatic N) is 2. The van der Waals surface area contributed by atoms with Gasteiger partial charge in [-0.15, -0.1) is 0 Å². The number of aromatic nitrogens is 2. The molecule has 1 N–H and O–H groups in total. The average molecular weight is 223 g/mol. The van der Waals surface area contributed by atoms with Gasteiger partial charge in [0, 0.05) is 37.7 Å². The van der Waals surface area contributed by atoms with Gasteiger partial charge in [-0.1, -0.05) is 6.92 Å². The van der Waals surface area contributed by atoms with E-state index in [9.17, 15) is 0 Å². The quantitative estimate of drug-likeness (QED) is 0.684. The lowest BCUT2D eigenvalue weighted by atomic mass is 10.1. The first-order valence-electron chi connectivity index (χ1n) is 5.85. The number of hydrogen-bond acceptors (Lipinski definition) is 4. The number of methoxy groups -OCH3 is 1. The first-order valence-corrected chi connectivity index (χ1v) is 5.85. The Bertz CT molecular complexity index is 266. The topological polar surface area (TPSA) is 47.0 Å². The van der Waals surface area contributed by atoms with Gasteiger partial charge < -0.3 is 10.1 Å². The van der Waals surface area contributed by atoms with Crippen molar-refractivity contribution in [2.24, 2.45) is 0 Å². The predicted octanol–water partition coefficient (Wildman–Crippen LogP) is 1.94. The van der Waals surface area contributed by atoms with Gasteiger partial charge >= 0.3 is 0 Å². The fourth-order valence-corrected chi connectivity index (χ4v) is 1.63. The Hall–Kier alpha value is -1.00. The molecule has 4 nitrogen and oxygen atoms in total. The molecule has 0 radical (unpaired) electrons. The molecule has 0 aliphatic heterocycles. The van der Waals surface area contributed by atoms with E-state index < -0.39 is 0 Å². The van der Waals surface area contributed by atoms with E-state index in [1.165, 1.54) is 0 Å². The minimum Gasteiger partial charge on any atom is -0.385 e. The van der Waals surface area contributed by atoms with Crippen molar-refractivity contribution in [1.82, 2.24) is 15.3 Å². The molecule has 4 heteroatoms. The second-order valence-electron chi connectivity index (χ2n) is 3.81. The van der Waals surface area contributed by atoms with Crippen LogP contribution < -0.4 is 5.32 Å². The van der Waals surface area contributed by atoms with Gasteiger partial charge in [0.05, 0.1) is 0 Å². The highest BCUT2D eigenvalue weighted by Crippen LogP contribution is 2.16. The Kier molecular flexibility index (Phi) is 6.69. The molecule has 90 valence electrons. The molecule has 0 aliphatic carbocycles. The monoisotopic (exact) mass is 223 g/mol. The van der Waals surface area contributed by atoms with Crippen LogP contribution in [0.3, 0.4) is 0 Å². The highest BCUT2D eigenvalue weighted by Gasteiger charge is 2.10. The van der Waals surface area contributed by atoms with Crippen LogP contribution in [0.5, 0.6) is 0 Å². The van der Waals surface area contributed by atoms with Crippen molar-refractivity contribution in [3.63, 3.8) is 0 Å². The predicted molar refractivity (Wildman–Crippen MR) is 64.2 cm³/mol. The number of rotatable bonds is 8. The van der Waals surface area contributed by atoms with Crippen LogP contribution in [0, 0.1) is 0 Å². The van der Waals surface area contributed by atoms with E-state index in [0.29, 0.717) is 6.04 Å². The molecule has 1 aromatic heterocycles. The molecule has 0 saturated carbocycles. The third-order valence-electron chi connectivity index (χ3n) is 2.46. The first-order chi connectivity index (χ1) is 7.88. The lowest BCUT2D eigenvalue weighted by Gasteiger charge is -2.17. The molecule has 1 atom stereocenters. The summed E-state index contributed by atoms with van der Waals surface area (Å²) in [6.45, 7) is 3.99. The summed E-state index contributed by atoms with van der Waals surface area (Å²) >= 11 is 0. The summed E-state index contributed by atoms with van der Waals surface area (Å²) in [5.74, 6) is 0. The Labute approximate surface area is 97.5 Å². The van der Waals surface area contributed by atoms with Gasteiger partial charge in [-0.3, -0.25) is 0 Å². The molecule has 0 fully saturated rings. The zero-order chi connectivity index (χ0) is 11.6. The SMILES string of the molecule is CCCNC(CCCOC)c1cncnc1. The second-order valence-corrected chi connectivity index (χ2v) is 3.81. The summed E-state index contributed by atoms with van der Waals surface area (Å²) in [4.78, 5) is 8.12. The highest BCUT2D eigenvalue weighted by molar-refractivity contribution is 5.08. The normalized spacial score (nSPS) is 12.6. The molecule has 0 aliphatic rings. The van der Waals surface area contributed by atoms with Gasteiger partial charge in [-0.05, 0) is 25.8 Å². The molecule has 0 saturated heterocycles. The third-order valence-corrected chi connectivity index (χ3v) is 2.46. The van der Waals surface area contributed by atoms with Crippen LogP contribution in [0.25, 0.3) is 0 Å². The molecule has 1 heterocycles. The van der Waals surface area contributed by atoms with Crippen LogP contribution in [0.1, 0.15) is 37.8 Å². The lowest BCUT2D eigenvalue weighted by molar-refractivity contribution is 0.188. The van der Waals surface area contributed by atoms with Gasteiger partial charge in [-0.25, -0.2) is 9.97 Å². The van der Waals surface area contributed by atoms with Gasteiger partial charge in [0.1, 0.15) is 6.33 Å². The minimum atomic E-state index is 0.344. The molecule has 0 bridgehead atoms. The van der Waals surface area contributed by atoms with Crippen molar-refractivity contribution in [2.45, 2.75) is 32.2 Å². The summed E-state index contributed by atoms with van der Waals surface area (Å²) in [5, 5.41) is 3.51. The Morgan fingerprint density at radius 2 is 2.12 bits per heavy atom. The van der Waals surface area contributed by atoms with Crippen molar-refractivity contribution in [2.75, 3.05) is 20.3 Å². The molecular weight excluding hydrogens is 202 g/mol. The molecule has 1 rings (SSSR count). The van der Waals surface area contributed by atoms with Gasteiger partial charge in [0.2, 0.25) is 0 Å². The van der Waals surface area contributed by atoms with Gasteiger partial charge in [0.15, 0.2) is 0 Å². The van der Waals surface area contributed by atoms with E-state index in [0.717, 1.165) is 38.0 Å². The van der Waals surface area contributed by atoms with Crippen LogP contribution >= 0.6 is 0 Å². The van der Waals surface area contributed by atoms with Crippen LogP contribution in [0.2, 0.25) is 0 Å². The van der Waals surface area contributed by atoms with E-state index in [2.05, 4.69) is 22.2 Å². The maximum absolute atomic E-state index is 5.07. The fourth-order valence-electron chi connectivity index (χ4n) is 1.63. The van der Waals surface area contributed by atoms with Crippen LogP contribution in [-0.2, 0) is 4.74 Å². The van der Waals surface area contributed by atoms with E-state index in [-0.39, 0.29) is 0 Å². The average Bonchev–Trinajstić information content (AvgIpc) is 2.35. The molecule has 0 amide bonds. The van der Waals surface area contributed by atoms with Crippen molar-refractivity contribution in [1.29, 1.82) is 0 Å². The van der Waals surface area contributed by atoms with Crippen LogP contribution in [-0.4, -0.2) is 30.2 Å². The molecular formula is C12H21N3O. The Morgan fingerprint density at radius 1 is 1.38 bits per heavy atom. The maximum atomic E-state index is 5.07.